The number of nitrogens with zero attached hydrogens (tertiary/aromatic N) is 3. The number of ether oxygens (including phenoxy) is 1. The second kappa shape index (κ2) is 17.3. The molecule has 4 nitrogen and oxygen atoms in total. The molecule has 0 saturated heterocycles. The molecule has 0 aliphatic rings. The molecule has 0 saturated carbocycles. The van der Waals surface area contributed by atoms with Gasteiger partial charge in [0, 0.05) is 10.9 Å². The largest absolute Gasteiger partial charge is 0.480 e. The van der Waals surface area contributed by atoms with Gasteiger partial charge in [-0.2, -0.15) is 0 Å². The molecule has 0 unspecified atom stereocenters. The minimum absolute atomic E-state index is 0.243. The number of halogens is 2. The van der Waals surface area contributed by atoms with E-state index in [9.17, 15) is 4.39 Å². The van der Waals surface area contributed by atoms with Crippen molar-refractivity contribution in [2.24, 2.45) is 0 Å². The topological polar surface area (TPSA) is 47.9 Å². The molecule has 0 aliphatic heterocycles. The van der Waals surface area contributed by atoms with Crippen LogP contribution in [-0.4, -0.2) is 22.1 Å². The highest BCUT2D eigenvalue weighted by molar-refractivity contribution is 6.31. The van der Waals surface area contributed by atoms with E-state index >= 15 is 0 Å². The van der Waals surface area contributed by atoms with Gasteiger partial charge in [0.2, 0.25) is 5.88 Å². The lowest BCUT2D eigenvalue weighted by Crippen LogP contribution is -1.96. The van der Waals surface area contributed by atoms with Crippen LogP contribution in [0.25, 0.3) is 43.5 Å². The van der Waals surface area contributed by atoms with Gasteiger partial charge in [0.1, 0.15) is 5.82 Å². The first kappa shape index (κ1) is 35.9. The van der Waals surface area contributed by atoms with Crippen molar-refractivity contribution in [2.45, 2.75) is 40.5 Å². The number of methoxy groups -OCH3 is 1. The predicted molar refractivity (Wildman–Crippen MR) is 209 cm³/mol. The van der Waals surface area contributed by atoms with E-state index in [1.807, 2.05) is 37.3 Å². The number of aryl methyl sites for hydroxylation is 4. The van der Waals surface area contributed by atoms with Crippen molar-refractivity contribution in [1.29, 1.82) is 0 Å². The molecule has 6 heteroatoms. The first-order valence-corrected chi connectivity index (χ1v) is 17.1. The van der Waals surface area contributed by atoms with Crippen molar-refractivity contribution >= 4 is 55.1 Å². The Bertz CT molecular complexity index is 2350. The molecule has 50 heavy (non-hydrogen) atoms. The average molecular weight is 682 g/mol. The van der Waals surface area contributed by atoms with Crippen LogP contribution in [0.15, 0.2) is 134 Å². The zero-order valence-electron chi connectivity index (χ0n) is 29.1. The second-order valence-corrected chi connectivity index (χ2v) is 12.2. The van der Waals surface area contributed by atoms with Gasteiger partial charge in [-0.05, 0) is 78.1 Å². The molecule has 2 aromatic heterocycles. The Morgan fingerprint density at radius 2 is 1.32 bits per heavy atom. The Hall–Kier alpha value is -5.39. The summed E-state index contributed by atoms with van der Waals surface area (Å²) in [7, 11) is 1.51. The number of rotatable bonds is 3. The quantitative estimate of drug-likeness (QED) is 0.186. The van der Waals surface area contributed by atoms with Crippen LogP contribution in [0.5, 0.6) is 5.88 Å². The SMILES string of the molecule is CCc1c(F)ccc2ncc(OC)nc12.CCc1nc2ccccc2cc1Cl.Cc1ccc2ccccc2c1.Cc1cccc2ccccc12. The van der Waals surface area contributed by atoms with Crippen molar-refractivity contribution in [1.82, 2.24) is 15.0 Å². The van der Waals surface area contributed by atoms with Crippen LogP contribution >= 0.6 is 11.6 Å². The highest BCUT2D eigenvalue weighted by atomic mass is 35.5. The van der Waals surface area contributed by atoms with Crippen LogP contribution in [0, 0.1) is 19.7 Å². The maximum Gasteiger partial charge on any atom is 0.232 e. The van der Waals surface area contributed by atoms with Crippen LogP contribution in [0.2, 0.25) is 5.02 Å². The summed E-state index contributed by atoms with van der Waals surface area (Å²) in [5.74, 6) is 0.162. The number of para-hydroxylation sites is 1. The van der Waals surface area contributed by atoms with E-state index in [4.69, 9.17) is 16.3 Å². The number of benzene rings is 6. The lowest BCUT2D eigenvalue weighted by molar-refractivity contribution is 0.397. The summed E-state index contributed by atoms with van der Waals surface area (Å²) in [4.78, 5) is 12.8. The number of hydrogen-bond donors (Lipinski definition) is 0. The van der Waals surface area contributed by atoms with Gasteiger partial charge in [-0.15, -0.1) is 0 Å². The standard InChI is InChI=1S/C11H10ClN.C11H11FN2O.2C11H10/c1-2-10-9(12)7-8-5-3-4-6-11(8)13-10;1-3-7-8(12)4-5-9-11(7)14-10(15-2)6-13-9;1-9-5-4-7-10-6-2-3-8-11(9)10;1-9-6-7-10-4-2-3-5-11(10)8-9/h3-7H,2H2,1H3;4-6H,3H2,1-2H3;2*2-8H,1H3. The van der Waals surface area contributed by atoms with Crippen molar-refractivity contribution in [3.63, 3.8) is 0 Å². The zero-order valence-corrected chi connectivity index (χ0v) is 29.9. The van der Waals surface area contributed by atoms with E-state index < -0.39 is 0 Å². The van der Waals surface area contributed by atoms with Crippen LogP contribution in [0.4, 0.5) is 4.39 Å². The van der Waals surface area contributed by atoms with Gasteiger partial charge in [-0.25, -0.2) is 14.4 Å². The fourth-order valence-electron chi connectivity index (χ4n) is 5.60. The van der Waals surface area contributed by atoms with Crippen molar-refractivity contribution in [2.75, 3.05) is 7.11 Å². The van der Waals surface area contributed by atoms with Crippen LogP contribution in [0.1, 0.15) is 36.2 Å². The molecule has 0 atom stereocenters. The predicted octanol–water partition coefficient (Wildman–Crippen LogP) is 12.1. The van der Waals surface area contributed by atoms with Gasteiger partial charge in [0.15, 0.2) is 0 Å². The molecule has 0 spiro atoms. The van der Waals surface area contributed by atoms with E-state index in [0.717, 1.165) is 28.0 Å². The highest BCUT2D eigenvalue weighted by Gasteiger charge is 2.09. The molecule has 8 rings (SSSR count). The minimum Gasteiger partial charge on any atom is -0.480 e. The minimum atomic E-state index is -0.243. The third-order valence-corrected chi connectivity index (χ3v) is 8.63. The molecule has 252 valence electrons. The van der Waals surface area contributed by atoms with Crippen molar-refractivity contribution < 1.29 is 9.13 Å². The first-order valence-electron chi connectivity index (χ1n) is 16.7. The smallest absolute Gasteiger partial charge is 0.232 e. The second-order valence-electron chi connectivity index (χ2n) is 11.8. The van der Waals surface area contributed by atoms with Gasteiger partial charge in [0.05, 0.1) is 40.6 Å². The molecule has 0 radical (unpaired) electrons. The van der Waals surface area contributed by atoms with Gasteiger partial charge >= 0.3 is 0 Å². The molecule has 0 amide bonds. The molecule has 0 fully saturated rings. The third kappa shape index (κ3) is 8.99. The van der Waals surface area contributed by atoms with Gasteiger partial charge < -0.3 is 4.74 Å². The molecular formula is C44H41ClFN3O. The van der Waals surface area contributed by atoms with E-state index in [1.54, 1.807) is 6.07 Å². The summed E-state index contributed by atoms with van der Waals surface area (Å²) < 4.78 is 18.4. The lowest BCUT2D eigenvalue weighted by Gasteiger charge is -2.05. The van der Waals surface area contributed by atoms with Crippen LogP contribution < -0.4 is 4.74 Å². The molecule has 0 aliphatic carbocycles. The number of aromatic nitrogens is 3. The molecular weight excluding hydrogens is 641 g/mol. The van der Waals surface area contributed by atoms with Gasteiger partial charge in [-0.3, -0.25) is 4.98 Å². The zero-order chi connectivity index (χ0) is 35.5. The molecule has 2 heterocycles. The summed E-state index contributed by atoms with van der Waals surface area (Å²) >= 11 is 6.04. The highest BCUT2D eigenvalue weighted by Crippen LogP contribution is 2.22. The maximum atomic E-state index is 13.4. The summed E-state index contributed by atoms with van der Waals surface area (Å²) in [6.07, 6.45) is 2.99. The number of fused-ring (bicyclic) bond motifs is 4. The van der Waals surface area contributed by atoms with E-state index in [2.05, 4.69) is 121 Å². The van der Waals surface area contributed by atoms with E-state index in [1.165, 1.54) is 52.0 Å². The Morgan fingerprint density at radius 1 is 0.640 bits per heavy atom. The molecule has 8 aromatic rings. The van der Waals surface area contributed by atoms with Crippen molar-refractivity contribution in [3.05, 3.63) is 167 Å². The van der Waals surface area contributed by atoms with E-state index in [-0.39, 0.29) is 5.82 Å². The third-order valence-electron chi connectivity index (χ3n) is 8.30. The summed E-state index contributed by atoms with van der Waals surface area (Å²) in [5, 5.41) is 7.19. The van der Waals surface area contributed by atoms with Crippen molar-refractivity contribution in [3.8, 4) is 5.88 Å². The summed E-state index contributed by atoms with van der Waals surface area (Å²) in [5.41, 5.74) is 6.51. The summed E-state index contributed by atoms with van der Waals surface area (Å²) in [6.45, 7) is 8.21. The van der Waals surface area contributed by atoms with E-state index in [0.29, 0.717) is 28.9 Å². The Kier molecular flexibility index (Phi) is 12.4. The monoisotopic (exact) mass is 681 g/mol. The summed E-state index contributed by atoms with van der Waals surface area (Å²) in [6, 6.07) is 42.8. The van der Waals surface area contributed by atoms with Crippen LogP contribution in [0.3, 0.4) is 0 Å². The fourth-order valence-corrected chi connectivity index (χ4v) is 5.89. The number of hydrogen-bond acceptors (Lipinski definition) is 4. The molecule has 0 N–H and O–H groups in total. The molecule has 0 bridgehead atoms. The lowest BCUT2D eigenvalue weighted by atomic mass is 10.1. The van der Waals surface area contributed by atoms with Gasteiger partial charge in [-0.1, -0.05) is 134 Å². The Labute approximate surface area is 298 Å². The van der Waals surface area contributed by atoms with Crippen LogP contribution in [-0.2, 0) is 12.8 Å². The number of pyridine rings is 1. The first-order chi connectivity index (χ1) is 24.3. The Balaban J connectivity index is 0.000000131. The average Bonchev–Trinajstić information content (AvgIpc) is 3.15. The normalized spacial score (nSPS) is 10.5. The Morgan fingerprint density at radius 3 is 2.04 bits per heavy atom. The molecule has 6 aromatic carbocycles. The van der Waals surface area contributed by atoms with Gasteiger partial charge in [0.25, 0.3) is 0 Å². The fraction of sp³-hybridized carbons (Fsp3) is 0.159. The maximum absolute atomic E-state index is 13.4.